The second-order valence-electron chi connectivity index (χ2n) is 7.04. The van der Waals surface area contributed by atoms with Crippen LogP contribution in [0.3, 0.4) is 0 Å². The second kappa shape index (κ2) is 6.15. The molecule has 18 heavy (non-hydrogen) atoms. The minimum Gasteiger partial charge on any atom is -0.316 e. The summed E-state index contributed by atoms with van der Waals surface area (Å²) in [6.45, 7) is 14.4. The Balaban J connectivity index is 1.75. The molecule has 0 amide bonds. The Bertz CT molecular complexity index is 265. The first-order valence-electron chi connectivity index (χ1n) is 7.57. The second-order valence-corrected chi connectivity index (χ2v) is 8.84. The highest BCUT2D eigenvalue weighted by Gasteiger charge is 2.39. The molecule has 2 unspecified atom stereocenters. The Morgan fingerprint density at radius 1 is 1.33 bits per heavy atom. The van der Waals surface area contributed by atoms with Gasteiger partial charge in [-0.3, -0.25) is 4.90 Å². The molecule has 106 valence electrons. The summed E-state index contributed by atoms with van der Waals surface area (Å²) < 4.78 is 0.462. The average molecular weight is 270 g/mol. The quantitative estimate of drug-likeness (QED) is 0.827. The van der Waals surface area contributed by atoms with Gasteiger partial charge in [-0.05, 0) is 51.6 Å². The van der Waals surface area contributed by atoms with Gasteiger partial charge in [-0.1, -0.05) is 13.8 Å². The highest BCUT2D eigenvalue weighted by atomic mass is 32.2. The van der Waals surface area contributed by atoms with E-state index in [1.54, 1.807) is 0 Å². The van der Waals surface area contributed by atoms with Crippen molar-refractivity contribution >= 4 is 11.8 Å². The van der Waals surface area contributed by atoms with Gasteiger partial charge in [0.15, 0.2) is 0 Å². The predicted octanol–water partition coefficient (Wildman–Crippen LogP) is 2.84. The smallest absolute Gasteiger partial charge is 0.0231 e. The van der Waals surface area contributed by atoms with Crippen molar-refractivity contribution in [2.45, 2.75) is 51.3 Å². The van der Waals surface area contributed by atoms with E-state index in [0.717, 1.165) is 17.9 Å². The molecule has 1 saturated carbocycles. The summed E-state index contributed by atoms with van der Waals surface area (Å²) in [6.07, 6.45) is 2.86. The van der Waals surface area contributed by atoms with Crippen LogP contribution in [0, 0.1) is 11.8 Å². The van der Waals surface area contributed by atoms with Crippen LogP contribution in [0.2, 0.25) is 0 Å². The van der Waals surface area contributed by atoms with Crippen molar-refractivity contribution in [3.63, 3.8) is 0 Å². The largest absolute Gasteiger partial charge is 0.316 e. The fourth-order valence-electron chi connectivity index (χ4n) is 3.16. The van der Waals surface area contributed by atoms with E-state index in [0.29, 0.717) is 4.75 Å². The molecule has 2 aliphatic rings. The van der Waals surface area contributed by atoms with Crippen LogP contribution < -0.4 is 5.32 Å². The minimum atomic E-state index is 0.462. The molecule has 0 spiro atoms. The molecule has 0 radical (unpaired) electrons. The maximum atomic E-state index is 3.64. The van der Waals surface area contributed by atoms with Gasteiger partial charge in [0.1, 0.15) is 0 Å². The Hall–Kier alpha value is 0.270. The molecule has 0 bridgehead atoms. The molecule has 1 saturated heterocycles. The lowest BCUT2D eigenvalue weighted by Gasteiger charge is -2.49. The van der Waals surface area contributed by atoms with Crippen LogP contribution in [0.1, 0.15) is 40.5 Å². The van der Waals surface area contributed by atoms with Gasteiger partial charge in [0.25, 0.3) is 0 Å². The number of hydrogen-bond acceptors (Lipinski definition) is 3. The Morgan fingerprint density at radius 3 is 2.67 bits per heavy atom. The third-order valence-electron chi connectivity index (χ3n) is 4.26. The van der Waals surface area contributed by atoms with E-state index in [-0.39, 0.29) is 0 Å². The summed E-state index contributed by atoms with van der Waals surface area (Å²) in [5, 5.41) is 3.64. The summed E-state index contributed by atoms with van der Waals surface area (Å²) >= 11 is 2.14. The molecule has 2 nitrogen and oxygen atoms in total. The van der Waals surface area contributed by atoms with Crippen molar-refractivity contribution in [1.29, 1.82) is 0 Å². The molecule has 0 aromatic carbocycles. The summed E-state index contributed by atoms with van der Waals surface area (Å²) in [5.74, 6) is 2.99. The first-order valence-corrected chi connectivity index (χ1v) is 8.55. The predicted molar refractivity (Wildman–Crippen MR) is 82.3 cm³/mol. The lowest BCUT2D eigenvalue weighted by atomic mass is 9.78. The topological polar surface area (TPSA) is 15.3 Å². The molecule has 3 heteroatoms. The molecule has 0 aromatic rings. The molecule has 0 aromatic heterocycles. The maximum absolute atomic E-state index is 3.64. The number of rotatable bonds is 5. The monoisotopic (exact) mass is 270 g/mol. The zero-order valence-corrected chi connectivity index (χ0v) is 13.4. The Labute approximate surface area is 117 Å². The lowest BCUT2D eigenvalue weighted by molar-refractivity contribution is 0.0578. The van der Waals surface area contributed by atoms with E-state index in [9.17, 15) is 0 Å². The fraction of sp³-hybridized carbons (Fsp3) is 1.00. The van der Waals surface area contributed by atoms with Crippen LogP contribution in [0.5, 0.6) is 0 Å². The van der Waals surface area contributed by atoms with Crippen molar-refractivity contribution in [1.82, 2.24) is 10.2 Å². The number of thioether (sulfide) groups is 1. The van der Waals surface area contributed by atoms with Crippen molar-refractivity contribution in [2.24, 2.45) is 11.8 Å². The van der Waals surface area contributed by atoms with E-state index in [1.165, 1.54) is 44.8 Å². The summed E-state index contributed by atoms with van der Waals surface area (Å²) in [5.41, 5.74) is 0. The van der Waals surface area contributed by atoms with Gasteiger partial charge in [0, 0.05) is 29.6 Å². The summed E-state index contributed by atoms with van der Waals surface area (Å²) in [6, 6.07) is 0.866. The highest BCUT2D eigenvalue weighted by Crippen LogP contribution is 2.37. The van der Waals surface area contributed by atoms with Crippen LogP contribution in [0.25, 0.3) is 0 Å². The van der Waals surface area contributed by atoms with Crippen LogP contribution in [0.15, 0.2) is 0 Å². The van der Waals surface area contributed by atoms with Gasteiger partial charge in [0.2, 0.25) is 0 Å². The van der Waals surface area contributed by atoms with Gasteiger partial charge in [-0.15, -0.1) is 0 Å². The van der Waals surface area contributed by atoms with Crippen molar-refractivity contribution in [3.05, 3.63) is 0 Å². The third kappa shape index (κ3) is 3.88. The lowest BCUT2D eigenvalue weighted by Crippen LogP contribution is -2.56. The Morgan fingerprint density at radius 2 is 2.11 bits per heavy atom. The minimum absolute atomic E-state index is 0.462. The van der Waals surface area contributed by atoms with Crippen LogP contribution >= 0.6 is 11.8 Å². The molecular weight excluding hydrogens is 240 g/mol. The summed E-state index contributed by atoms with van der Waals surface area (Å²) in [4.78, 5) is 2.77. The number of nitrogens with one attached hydrogen (secondary N) is 1. The zero-order valence-electron chi connectivity index (χ0n) is 12.5. The molecule has 1 heterocycles. The first kappa shape index (κ1) is 14.7. The molecule has 2 atom stereocenters. The fourth-order valence-corrected chi connectivity index (χ4v) is 4.30. The van der Waals surface area contributed by atoms with Crippen molar-refractivity contribution < 1.29 is 0 Å². The van der Waals surface area contributed by atoms with Gasteiger partial charge >= 0.3 is 0 Å². The first-order chi connectivity index (χ1) is 8.48. The average Bonchev–Trinajstić information content (AvgIpc) is 2.21. The van der Waals surface area contributed by atoms with E-state index < -0.39 is 0 Å². The highest BCUT2D eigenvalue weighted by molar-refractivity contribution is 8.00. The van der Waals surface area contributed by atoms with E-state index in [2.05, 4.69) is 49.7 Å². The van der Waals surface area contributed by atoms with Gasteiger partial charge in [0.05, 0.1) is 0 Å². The van der Waals surface area contributed by atoms with Gasteiger partial charge in [-0.25, -0.2) is 0 Å². The molecule has 1 N–H and O–H groups in total. The molecule has 2 rings (SSSR count). The van der Waals surface area contributed by atoms with E-state index >= 15 is 0 Å². The maximum Gasteiger partial charge on any atom is 0.0231 e. The third-order valence-corrected chi connectivity index (χ3v) is 5.56. The molecule has 1 aliphatic carbocycles. The Kier molecular flexibility index (Phi) is 5.01. The van der Waals surface area contributed by atoms with Gasteiger partial charge in [-0.2, -0.15) is 11.8 Å². The van der Waals surface area contributed by atoms with E-state index in [1.807, 2.05) is 0 Å². The number of nitrogens with zero attached hydrogens (tertiary/aromatic N) is 1. The van der Waals surface area contributed by atoms with Gasteiger partial charge < -0.3 is 5.32 Å². The van der Waals surface area contributed by atoms with Crippen LogP contribution in [0.4, 0.5) is 0 Å². The van der Waals surface area contributed by atoms with Crippen molar-refractivity contribution in [2.75, 3.05) is 31.9 Å². The SMILES string of the molecule is CC(C)CNCC1CCC1N1CCSC(C)(C)C1. The standard InChI is InChI=1S/C15H30N2S/c1-12(2)9-16-10-13-5-6-14(13)17-7-8-18-15(3,4)11-17/h12-14,16H,5-11H2,1-4H3. The molecular formula is C15H30N2S. The molecule has 2 fully saturated rings. The normalized spacial score (nSPS) is 32.5. The van der Waals surface area contributed by atoms with Crippen LogP contribution in [-0.2, 0) is 0 Å². The molecule has 1 aliphatic heterocycles. The van der Waals surface area contributed by atoms with Crippen LogP contribution in [-0.4, -0.2) is 47.6 Å². The van der Waals surface area contributed by atoms with E-state index in [4.69, 9.17) is 0 Å². The summed E-state index contributed by atoms with van der Waals surface area (Å²) in [7, 11) is 0. The zero-order chi connectivity index (χ0) is 13.2. The van der Waals surface area contributed by atoms with Crippen molar-refractivity contribution in [3.8, 4) is 0 Å². The number of hydrogen-bond donors (Lipinski definition) is 1.